The van der Waals surface area contributed by atoms with Crippen LogP contribution in [-0.4, -0.2) is 11.2 Å². The molecule has 1 heteroatoms. The van der Waals surface area contributed by atoms with Crippen LogP contribution in [0.3, 0.4) is 0 Å². The lowest BCUT2D eigenvalue weighted by Crippen LogP contribution is -2.43. The van der Waals surface area contributed by atoms with Crippen LogP contribution >= 0.6 is 0 Å². The molecule has 4 rings (SSSR count). The zero-order chi connectivity index (χ0) is 20.1. The van der Waals surface area contributed by atoms with Crippen LogP contribution < -0.4 is 0 Å². The maximum absolute atomic E-state index is 10.2. The van der Waals surface area contributed by atoms with Crippen LogP contribution in [0.5, 0.6) is 0 Å². The Balaban J connectivity index is 1.50. The molecule has 4 aliphatic carbocycles. The highest BCUT2D eigenvalue weighted by molar-refractivity contribution is 5.49. The molecule has 1 fully saturated rings. The van der Waals surface area contributed by atoms with Crippen molar-refractivity contribution in [3.05, 3.63) is 34.9 Å². The van der Waals surface area contributed by atoms with Crippen molar-refractivity contribution in [2.45, 2.75) is 104 Å². The van der Waals surface area contributed by atoms with Crippen LogP contribution in [0.15, 0.2) is 34.9 Å². The fraction of sp³-hybridized carbons (Fsp3) is 0.778. The Morgan fingerprint density at radius 1 is 1.18 bits per heavy atom. The zero-order valence-electron chi connectivity index (χ0n) is 18.8. The Morgan fingerprint density at radius 2 is 1.96 bits per heavy atom. The van der Waals surface area contributed by atoms with E-state index >= 15 is 0 Å². The lowest BCUT2D eigenvalue weighted by Gasteiger charge is -2.53. The molecule has 5 unspecified atom stereocenters. The standard InChI is InChI=1S/C27H42O/c1-18(2)19(3)7-6-8-20-10-12-24-23-11-9-21-17-22(28)13-15-27(21,5)25(23)14-16-26(20,24)4/h12,18,20-22,28H,3,6-11,13-17H2,1-2,4-5H3. The second kappa shape index (κ2) is 7.46. The van der Waals surface area contributed by atoms with E-state index in [9.17, 15) is 5.11 Å². The third kappa shape index (κ3) is 3.26. The van der Waals surface area contributed by atoms with E-state index in [2.05, 4.69) is 40.3 Å². The van der Waals surface area contributed by atoms with E-state index < -0.39 is 0 Å². The first-order valence-corrected chi connectivity index (χ1v) is 12.0. The fourth-order valence-electron chi connectivity index (χ4n) is 7.22. The number of aliphatic hydroxyl groups excluding tert-OH is 1. The molecule has 0 heterocycles. The van der Waals surface area contributed by atoms with Gasteiger partial charge in [0.2, 0.25) is 0 Å². The Hall–Kier alpha value is -0.820. The van der Waals surface area contributed by atoms with Crippen LogP contribution in [0.25, 0.3) is 0 Å². The zero-order valence-corrected chi connectivity index (χ0v) is 18.8. The number of rotatable bonds is 5. The maximum Gasteiger partial charge on any atom is 0.0543 e. The molecular weight excluding hydrogens is 340 g/mol. The molecule has 0 spiro atoms. The molecule has 28 heavy (non-hydrogen) atoms. The van der Waals surface area contributed by atoms with Gasteiger partial charge in [-0.25, -0.2) is 0 Å². The third-order valence-electron chi connectivity index (χ3n) is 9.46. The highest BCUT2D eigenvalue weighted by Gasteiger charge is 2.51. The Morgan fingerprint density at radius 3 is 2.71 bits per heavy atom. The summed E-state index contributed by atoms with van der Waals surface area (Å²) in [6, 6.07) is 0. The van der Waals surface area contributed by atoms with Gasteiger partial charge in [-0.15, -0.1) is 0 Å². The smallest absolute Gasteiger partial charge is 0.0543 e. The van der Waals surface area contributed by atoms with Crippen molar-refractivity contribution in [2.24, 2.45) is 28.6 Å². The highest BCUT2D eigenvalue weighted by Crippen LogP contribution is 2.63. The lowest BCUT2D eigenvalue weighted by molar-refractivity contribution is 0.0232. The van der Waals surface area contributed by atoms with Crippen molar-refractivity contribution < 1.29 is 5.11 Å². The molecule has 0 saturated heterocycles. The van der Waals surface area contributed by atoms with Gasteiger partial charge in [0, 0.05) is 0 Å². The van der Waals surface area contributed by atoms with Crippen LogP contribution in [-0.2, 0) is 0 Å². The van der Waals surface area contributed by atoms with Crippen LogP contribution in [0, 0.1) is 28.6 Å². The summed E-state index contributed by atoms with van der Waals surface area (Å²) >= 11 is 0. The van der Waals surface area contributed by atoms with E-state index in [4.69, 9.17) is 0 Å². The van der Waals surface area contributed by atoms with Crippen molar-refractivity contribution in [2.75, 3.05) is 0 Å². The van der Waals surface area contributed by atoms with E-state index in [-0.39, 0.29) is 6.10 Å². The largest absolute Gasteiger partial charge is 0.393 e. The second-order valence-corrected chi connectivity index (χ2v) is 11.2. The third-order valence-corrected chi connectivity index (χ3v) is 9.46. The summed E-state index contributed by atoms with van der Waals surface area (Å²) in [5.74, 6) is 2.16. The van der Waals surface area contributed by atoms with E-state index in [0.717, 1.165) is 18.8 Å². The molecule has 1 nitrogen and oxygen atoms in total. The topological polar surface area (TPSA) is 20.2 Å². The van der Waals surface area contributed by atoms with Gasteiger partial charge in [0.25, 0.3) is 0 Å². The van der Waals surface area contributed by atoms with Crippen LogP contribution in [0.2, 0.25) is 0 Å². The van der Waals surface area contributed by atoms with Crippen molar-refractivity contribution in [3.8, 4) is 0 Å². The molecule has 0 radical (unpaired) electrons. The molecule has 0 amide bonds. The lowest BCUT2D eigenvalue weighted by atomic mass is 9.52. The quantitative estimate of drug-likeness (QED) is 0.492. The Bertz CT molecular complexity index is 695. The summed E-state index contributed by atoms with van der Waals surface area (Å²) in [4.78, 5) is 0. The molecule has 0 bridgehead atoms. The summed E-state index contributed by atoms with van der Waals surface area (Å²) in [7, 11) is 0. The van der Waals surface area contributed by atoms with E-state index in [1.165, 1.54) is 63.4 Å². The number of fused-ring (bicyclic) bond motifs is 4. The van der Waals surface area contributed by atoms with E-state index in [1.54, 1.807) is 16.7 Å². The summed E-state index contributed by atoms with van der Waals surface area (Å²) in [5, 5.41) is 10.2. The minimum Gasteiger partial charge on any atom is -0.393 e. The van der Waals surface area contributed by atoms with Gasteiger partial charge in [-0.1, -0.05) is 51.5 Å². The minimum atomic E-state index is -0.0512. The molecule has 156 valence electrons. The predicted octanol–water partition coefficient (Wildman–Crippen LogP) is 7.37. The van der Waals surface area contributed by atoms with Crippen molar-refractivity contribution in [1.82, 2.24) is 0 Å². The first-order valence-electron chi connectivity index (χ1n) is 12.0. The number of aliphatic hydroxyl groups is 1. The SMILES string of the molecule is C=C(CCCC1CC=C2C3=C(CCC21C)C1(C)CCC(O)CC1CC3)C(C)C. The second-order valence-electron chi connectivity index (χ2n) is 11.2. The Kier molecular flexibility index (Phi) is 5.45. The van der Waals surface area contributed by atoms with E-state index in [1.807, 2.05) is 0 Å². The monoisotopic (exact) mass is 382 g/mol. The minimum absolute atomic E-state index is 0.0512. The van der Waals surface area contributed by atoms with Crippen molar-refractivity contribution in [1.29, 1.82) is 0 Å². The van der Waals surface area contributed by atoms with Gasteiger partial charge in [0.15, 0.2) is 0 Å². The maximum atomic E-state index is 10.2. The predicted molar refractivity (Wildman–Crippen MR) is 119 cm³/mol. The van der Waals surface area contributed by atoms with Crippen molar-refractivity contribution >= 4 is 0 Å². The number of hydrogen-bond donors (Lipinski definition) is 1. The average Bonchev–Trinajstić information content (AvgIpc) is 2.99. The molecule has 1 saturated carbocycles. The van der Waals surface area contributed by atoms with Crippen molar-refractivity contribution in [3.63, 3.8) is 0 Å². The molecule has 0 aromatic carbocycles. The number of allylic oxidation sites excluding steroid dienone is 5. The Labute approximate surface area is 173 Å². The molecule has 5 atom stereocenters. The van der Waals surface area contributed by atoms with Gasteiger partial charge in [-0.3, -0.25) is 0 Å². The molecule has 4 aliphatic rings. The molecule has 0 aliphatic heterocycles. The summed E-state index contributed by atoms with van der Waals surface area (Å²) in [6.45, 7) is 13.9. The van der Waals surface area contributed by atoms with Gasteiger partial charge < -0.3 is 5.11 Å². The summed E-state index contributed by atoms with van der Waals surface area (Å²) in [6.07, 6.45) is 16.2. The van der Waals surface area contributed by atoms with Crippen LogP contribution in [0.1, 0.15) is 98.3 Å². The van der Waals surface area contributed by atoms with Gasteiger partial charge in [0.05, 0.1) is 6.10 Å². The first kappa shape index (κ1) is 20.5. The average molecular weight is 383 g/mol. The van der Waals surface area contributed by atoms with Crippen LogP contribution in [0.4, 0.5) is 0 Å². The molecule has 1 N–H and O–H groups in total. The normalized spacial score (nSPS) is 40.1. The number of hydrogen-bond acceptors (Lipinski definition) is 1. The summed E-state index contributed by atoms with van der Waals surface area (Å²) < 4.78 is 0. The molecule has 0 aromatic rings. The van der Waals surface area contributed by atoms with Gasteiger partial charge in [-0.05, 0) is 110 Å². The van der Waals surface area contributed by atoms with Gasteiger partial charge >= 0.3 is 0 Å². The first-order chi connectivity index (χ1) is 13.3. The molecule has 0 aromatic heterocycles. The molecular formula is C27H42O. The van der Waals surface area contributed by atoms with Gasteiger partial charge in [-0.2, -0.15) is 0 Å². The fourth-order valence-corrected chi connectivity index (χ4v) is 7.22. The van der Waals surface area contributed by atoms with Gasteiger partial charge in [0.1, 0.15) is 0 Å². The summed E-state index contributed by atoms with van der Waals surface area (Å²) in [5.41, 5.74) is 7.51. The van der Waals surface area contributed by atoms with E-state index in [0.29, 0.717) is 22.7 Å². The highest BCUT2D eigenvalue weighted by atomic mass is 16.3.